The lowest BCUT2D eigenvalue weighted by Crippen LogP contribution is -2.30. The van der Waals surface area contributed by atoms with Gasteiger partial charge in [0.15, 0.2) is 12.2 Å². The number of aliphatic hydroxyl groups excluding tert-OH is 1. The lowest BCUT2D eigenvalue weighted by molar-refractivity contribution is -0.161. The number of ether oxygens (including phenoxy) is 4. The predicted molar refractivity (Wildman–Crippen MR) is 409 cm³/mol. The number of hydrogen-bond acceptors (Lipinski definition) is 15. The van der Waals surface area contributed by atoms with E-state index in [1.54, 1.807) is 0 Å². The van der Waals surface area contributed by atoms with Crippen LogP contribution in [0.3, 0.4) is 0 Å². The van der Waals surface area contributed by atoms with E-state index in [9.17, 15) is 43.2 Å². The van der Waals surface area contributed by atoms with Gasteiger partial charge in [-0.15, -0.1) is 0 Å². The molecule has 0 saturated carbocycles. The number of aliphatic hydroxyl groups is 1. The number of carbonyl (C=O) groups excluding carboxylic acids is 4. The highest BCUT2D eigenvalue weighted by molar-refractivity contribution is 7.47. The minimum atomic E-state index is -4.96. The molecule has 0 fully saturated rings. The van der Waals surface area contributed by atoms with Crippen LogP contribution < -0.4 is 0 Å². The molecule has 0 rings (SSSR count). The van der Waals surface area contributed by atoms with Crippen molar-refractivity contribution in [3.8, 4) is 0 Å². The first-order valence-corrected chi connectivity index (χ1v) is 45.1. The molecule has 594 valence electrons. The average Bonchev–Trinajstić information content (AvgIpc) is 0.917. The molecule has 0 radical (unpaired) electrons. The quantitative estimate of drug-likeness (QED) is 0.0222. The second-order valence-electron chi connectivity index (χ2n) is 29.6. The zero-order valence-corrected chi connectivity index (χ0v) is 67.3. The van der Waals surface area contributed by atoms with Gasteiger partial charge < -0.3 is 33.8 Å². The molecule has 0 aromatic rings. The van der Waals surface area contributed by atoms with Gasteiger partial charge in [0.1, 0.15) is 19.3 Å². The molecule has 0 bridgehead atoms. The summed E-state index contributed by atoms with van der Waals surface area (Å²) < 4.78 is 68.8. The fourth-order valence-electron chi connectivity index (χ4n) is 12.5. The molecule has 0 amide bonds. The summed E-state index contributed by atoms with van der Waals surface area (Å²) in [5.74, 6) is -0.483. The lowest BCUT2D eigenvalue weighted by atomic mass is 9.99. The van der Waals surface area contributed by atoms with Gasteiger partial charge in [0, 0.05) is 25.7 Å². The van der Waals surface area contributed by atoms with Crippen molar-refractivity contribution >= 4 is 39.5 Å². The number of rotatable bonds is 80. The van der Waals surface area contributed by atoms with E-state index in [0.29, 0.717) is 25.7 Å². The van der Waals surface area contributed by atoms with Crippen molar-refractivity contribution < 1.29 is 80.2 Å². The van der Waals surface area contributed by atoms with E-state index in [2.05, 4.69) is 41.5 Å². The number of hydrogen-bond donors (Lipinski definition) is 3. The maximum Gasteiger partial charge on any atom is 0.472 e. The Morgan fingerprint density at radius 3 is 0.710 bits per heavy atom. The van der Waals surface area contributed by atoms with Crippen molar-refractivity contribution in [2.75, 3.05) is 39.6 Å². The Labute approximate surface area is 613 Å². The largest absolute Gasteiger partial charge is 0.472 e. The summed E-state index contributed by atoms with van der Waals surface area (Å²) >= 11 is 0. The molecule has 7 atom stereocenters. The third-order valence-electron chi connectivity index (χ3n) is 19.7. The zero-order valence-electron chi connectivity index (χ0n) is 65.5. The molecule has 0 saturated heterocycles. The van der Waals surface area contributed by atoms with Gasteiger partial charge in [0.2, 0.25) is 0 Å². The molecule has 0 aliphatic rings. The molecule has 0 aromatic heterocycles. The molecule has 0 spiro atoms. The minimum absolute atomic E-state index is 0.108. The van der Waals surface area contributed by atoms with E-state index >= 15 is 0 Å². The van der Waals surface area contributed by atoms with Crippen LogP contribution in [0.2, 0.25) is 0 Å². The Morgan fingerprint density at radius 2 is 0.480 bits per heavy atom. The van der Waals surface area contributed by atoms with Crippen molar-refractivity contribution in [2.45, 2.75) is 445 Å². The SMILES string of the molecule is CCCCCCCCCCCCCCCCCC(=O)OC[C@H](COP(=O)(O)OC[C@@H](O)COP(=O)(O)OC[C@@H](COC(=O)CCCCCCCCCCC(C)CC)OC(=O)CCCCCCCCCCCCCCCCC)OC(=O)CCCCCCCCCCCCCCCCC(C)CC. The Hall–Kier alpha value is -1.94. The van der Waals surface area contributed by atoms with Crippen LogP contribution >= 0.6 is 15.6 Å². The van der Waals surface area contributed by atoms with Crippen LogP contribution in [-0.2, 0) is 65.4 Å². The van der Waals surface area contributed by atoms with Crippen LogP contribution in [0.15, 0.2) is 0 Å². The molecule has 3 N–H and O–H groups in total. The van der Waals surface area contributed by atoms with E-state index in [-0.39, 0.29) is 25.7 Å². The molecular formula is C81H158O17P2. The second-order valence-corrected chi connectivity index (χ2v) is 32.6. The summed E-state index contributed by atoms with van der Waals surface area (Å²) in [6, 6.07) is 0. The van der Waals surface area contributed by atoms with Gasteiger partial charge in [-0.05, 0) is 37.5 Å². The number of carbonyl (C=O) groups is 4. The van der Waals surface area contributed by atoms with Crippen molar-refractivity contribution in [3.63, 3.8) is 0 Å². The van der Waals surface area contributed by atoms with Crippen LogP contribution in [-0.4, -0.2) is 96.7 Å². The molecule has 100 heavy (non-hydrogen) atoms. The van der Waals surface area contributed by atoms with Crippen molar-refractivity contribution in [2.24, 2.45) is 11.8 Å². The number of phosphoric ester groups is 2. The first kappa shape index (κ1) is 98.1. The van der Waals surface area contributed by atoms with Gasteiger partial charge in [-0.2, -0.15) is 0 Å². The zero-order chi connectivity index (χ0) is 73.5. The lowest BCUT2D eigenvalue weighted by Gasteiger charge is -2.21. The van der Waals surface area contributed by atoms with E-state index in [1.807, 2.05) is 0 Å². The maximum atomic E-state index is 13.1. The molecule has 0 aliphatic heterocycles. The van der Waals surface area contributed by atoms with E-state index in [0.717, 1.165) is 102 Å². The van der Waals surface area contributed by atoms with E-state index in [4.69, 9.17) is 37.0 Å². The number of phosphoric acid groups is 2. The number of esters is 4. The third kappa shape index (κ3) is 71.7. The topological polar surface area (TPSA) is 237 Å². The Balaban J connectivity index is 5.27. The first-order valence-electron chi connectivity index (χ1n) is 42.1. The van der Waals surface area contributed by atoms with Crippen molar-refractivity contribution in [1.82, 2.24) is 0 Å². The fourth-order valence-corrected chi connectivity index (χ4v) is 14.1. The highest BCUT2D eigenvalue weighted by Crippen LogP contribution is 2.45. The van der Waals surface area contributed by atoms with Gasteiger partial charge in [0.05, 0.1) is 26.4 Å². The maximum absolute atomic E-state index is 13.1. The van der Waals surface area contributed by atoms with Crippen LogP contribution in [0.25, 0.3) is 0 Å². The smallest absolute Gasteiger partial charge is 0.462 e. The molecule has 19 heteroatoms. The van der Waals surface area contributed by atoms with Crippen molar-refractivity contribution in [3.05, 3.63) is 0 Å². The second kappa shape index (κ2) is 72.6. The van der Waals surface area contributed by atoms with Gasteiger partial charge in [-0.1, -0.05) is 375 Å². The first-order chi connectivity index (χ1) is 48.4. The van der Waals surface area contributed by atoms with Crippen molar-refractivity contribution in [1.29, 1.82) is 0 Å². The summed E-state index contributed by atoms with van der Waals surface area (Å²) in [5.41, 5.74) is 0. The Kier molecular flexibility index (Phi) is 71.2. The molecule has 0 aliphatic carbocycles. The van der Waals surface area contributed by atoms with Gasteiger partial charge >= 0.3 is 39.5 Å². The third-order valence-corrected chi connectivity index (χ3v) is 21.6. The van der Waals surface area contributed by atoms with Crippen LogP contribution in [0.5, 0.6) is 0 Å². The summed E-state index contributed by atoms with van der Waals surface area (Å²) in [7, 11) is -9.92. The number of unbranched alkanes of at least 4 members (excludes halogenated alkanes) is 48. The normalized spacial score (nSPS) is 14.4. The van der Waals surface area contributed by atoms with E-state index in [1.165, 1.54) is 244 Å². The standard InChI is InChI=1S/C81H158O17P2/c1-7-11-13-15-17-19-21-23-25-30-34-38-45-51-57-63-78(83)91-69-76(97-80(85)66-60-54-48-40-36-32-28-27-29-33-37-43-49-55-61-73(5)9-3)71-95-99(87,88)93-67-75(82)68-94-100(89,90)96-72-77(70-92-79(84)64-58-52-46-42-41-44-50-56-62-74(6)10-4)98-81(86)65-59-53-47-39-35-31-26-24-22-20-18-16-14-12-8-2/h73-77,82H,7-72H2,1-6H3,(H,87,88)(H,89,90)/t73?,74?,75-,76-,77-/m1/s1. The van der Waals surface area contributed by atoms with Crippen LogP contribution in [0, 0.1) is 11.8 Å². The van der Waals surface area contributed by atoms with E-state index < -0.39 is 97.5 Å². The van der Waals surface area contributed by atoms with Gasteiger partial charge in [-0.3, -0.25) is 37.3 Å². The Bertz CT molecular complexity index is 1930. The molecular weight excluding hydrogens is 1310 g/mol. The summed E-state index contributed by atoms with van der Waals surface area (Å²) in [5, 5.41) is 10.6. The highest BCUT2D eigenvalue weighted by Gasteiger charge is 2.30. The summed E-state index contributed by atoms with van der Waals surface area (Å²) in [6.45, 7) is 9.70. The summed E-state index contributed by atoms with van der Waals surface area (Å²) in [4.78, 5) is 73.1. The fraction of sp³-hybridized carbons (Fsp3) is 0.951. The predicted octanol–water partition coefficient (Wildman–Crippen LogP) is 24.3. The molecule has 0 heterocycles. The van der Waals surface area contributed by atoms with Crippen LogP contribution in [0.1, 0.15) is 427 Å². The molecule has 0 aromatic carbocycles. The highest BCUT2D eigenvalue weighted by atomic mass is 31.2. The minimum Gasteiger partial charge on any atom is -0.462 e. The summed E-state index contributed by atoms with van der Waals surface area (Å²) in [6.07, 6.45) is 62.2. The average molecular weight is 1470 g/mol. The molecule has 17 nitrogen and oxygen atoms in total. The monoisotopic (exact) mass is 1470 g/mol. The van der Waals surface area contributed by atoms with Crippen LogP contribution in [0.4, 0.5) is 0 Å². The molecule has 4 unspecified atom stereocenters. The van der Waals surface area contributed by atoms with Gasteiger partial charge in [-0.25, -0.2) is 9.13 Å². The Morgan fingerprint density at radius 1 is 0.280 bits per heavy atom. The van der Waals surface area contributed by atoms with Gasteiger partial charge in [0.25, 0.3) is 0 Å².